The Bertz CT molecular complexity index is 2720. The topological polar surface area (TPSA) is 229 Å². The number of β-amino-alcohol motifs (C(OH)–C–C–N with tert-alkyl or cyclic N) is 1. The lowest BCUT2D eigenvalue weighted by Crippen LogP contribution is -2.58. The number of benzene rings is 3. The van der Waals surface area contributed by atoms with Crippen molar-refractivity contribution in [3.63, 3.8) is 0 Å². The van der Waals surface area contributed by atoms with E-state index in [0.717, 1.165) is 52.5 Å². The van der Waals surface area contributed by atoms with E-state index in [-0.39, 0.29) is 61.3 Å². The number of carbonyl (C=O) groups is 4. The van der Waals surface area contributed by atoms with Crippen molar-refractivity contribution in [2.45, 2.75) is 97.1 Å². The third-order valence-corrected chi connectivity index (χ3v) is 14.8. The number of piperazine rings is 1. The van der Waals surface area contributed by atoms with Crippen molar-refractivity contribution in [2.24, 2.45) is 5.41 Å². The van der Waals surface area contributed by atoms with Crippen molar-refractivity contribution in [2.75, 3.05) is 69.6 Å². The molecule has 0 aliphatic carbocycles. The number of rotatable bonds is 17. The zero-order valence-corrected chi connectivity index (χ0v) is 43.1. The zero-order chi connectivity index (χ0) is 51.8. The van der Waals surface area contributed by atoms with Crippen LogP contribution >= 0.6 is 11.3 Å². The average Bonchev–Trinajstić information content (AvgIpc) is 4.00. The van der Waals surface area contributed by atoms with Gasteiger partial charge in [-0.05, 0) is 67.5 Å². The number of carbonyl (C=O) groups excluding carboxylic acids is 4. The van der Waals surface area contributed by atoms with Crippen LogP contribution in [0.2, 0.25) is 0 Å². The molecule has 19 heteroatoms. The van der Waals surface area contributed by atoms with Crippen LogP contribution in [0.5, 0.6) is 17.2 Å². The summed E-state index contributed by atoms with van der Waals surface area (Å²) in [5.74, 6) is 0.0646. The van der Waals surface area contributed by atoms with E-state index in [1.54, 1.807) is 40.5 Å². The fourth-order valence-electron chi connectivity index (χ4n) is 9.66. The number of piperidine rings is 1. The number of ether oxygens (including phenoxy) is 2. The fraction of sp³-hybridized carbons (Fsp3) is 0.463. The lowest BCUT2D eigenvalue weighted by Gasteiger charge is -2.36. The summed E-state index contributed by atoms with van der Waals surface area (Å²) < 4.78 is 12.6. The zero-order valence-electron chi connectivity index (χ0n) is 42.3. The highest BCUT2D eigenvalue weighted by atomic mass is 32.1. The Morgan fingerprint density at radius 1 is 0.918 bits per heavy atom. The molecule has 73 heavy (non-hydrogen) atoms. The van der Waals surface area contributed by atoms with Crippen LogP contribution in [-0.4, -0.2) is 147 Å². The number of aliphatic hydroxyl groups is 1. The molecule has 3 aromatic carbocycles. The largest absolute Gasteiger partial charge is 0.507 e. The molecular formula is C54H68N10O8S. The van der Waals surface area contributed by atoms with Gasteiger partial charge in [0.25, 0.3) is 0 Å². The maximum absolute atomic E-state index is 14.2. The Labute approximate surface area is 430 Å². The first-order valence-electron chi connectivity index (χ1n) is 25.2. The van der Waals surface area contributed by atoms with Gasteiger partial charge in [-0.2, -0.15) is 0 Å². The van der Waals surface area contributed by atoms with Crippen LogP contribution in [0.25, 0.3) is 21.7 Å². The minimum Gasteiger partial charge on any atom is -0.507 e. The highest BCUT2D eigenvalue weighted by Crippen LogP contribution is 2.34. The van der Waals surface area contributed by atoms with E-state index >= 15 is 0 Å². The van der Waals surface area contributed by atoms with Gasteiger partial charge in [-0.3, -0.25) is 24.1 Å². The van der Waals surface area contributed by atoms with Gasteiger partial charge in [0.05, 0.1) is 34.8 Å². The maximum Gasteiger partial charge on any atom is 0.246 e. The number of amides is 4. The molecule has 4 amide bonds. The van der Waals surface area contributed by atoms with Gasteiger partial charge < -0.3 is 50.8 Å². The second kappa shape index (κ2) is 23.4. The summed E-state index contributed by atoms with van der Waals surface area (Å²) in [5.41, 5.74) is 12.2. The van der Waals surface area contributed by atoms with Crippen LogP contribution in [0.15, 0.2) is 84.4 Å². The molecule has 18 nitrogen and oxygen atoms in total. The number of aromatic nitrogens is 3. The van der Waals surface area contributed by atoms with Crippen LogP contribution < -0.4 is 30.7 Å². The highest BCUT2D eigenvalue weighted by Gasteiger charge is 2.45. The number of aryl methyl sites for hydroxylation is 1. The standard InChI is InChI=1S/C54H68N10O8S/c1-34(36-15-17-37(18-16-36)49-35(2)56-33-73-49)57-52(69)44-29-39(65)31-64(44)53(70)50(54(3,4)5)58-47(67)19-20-48(68)62-24-22-61(23-25-62)26-27-71-40-11-8-10-38(28-40)63-21-9-12-41(32-63)72-46-30-43(59-60-51(46)55)42-13-6-7-14-45(42)66/h6-8,10-11,13-18,28,30,33-34,39,41,44,50,65-66H,9,12,19-27,29,31-32H2,1-5H3,(H2,55,60)(H,57,69)(H,58,67)/t34?,39-,41?,44+,50?/m1/s1. The van der Waals surface area contributed by atoms with Crippen molar-refractivity contribution in [1.82, 2.24) is 40.5 Å². The lowest BCUT2D eigenvalue weighted by molar-refractivity contribution is -0.144. The molecule has 5 aromatic rings. The van der Waals surface area contributed by atoms with Gasteiger partial charge in [-0.15, -0.1) is 21.5 Å². The molecule has 5 atom stereocenters. The second-order valence-corrected chi connectivity index (χ2v) is 21.1. The number of aromatic hydroxyl groups is 1. The maximum atomic E-state index is 14.2. The van der Waals surface area contributed by atoms with Crippen LogP contribution in [0.4, 0.5) is 11.5 Å². The number of likely N-dealkylation sites (tertiary alicyclic amines) is 1. The fourth-order valence-corrected chi connectivity index (χ4v) is 10.5. The van der Waals surface area contributed by atoms with Crippen molar-refractivity contribution >= 4 is 46.5 Å². The van der Waals surface area contributed by atoms with E-state index in [0.29, 0.717) is 62.9 Å². The summed E-state index contributed by atoms with van der Waals surface area (Å²) in [4.78, 5) is 67.8. The summed E-state index contributed by atoms with van der Waals surface area (Å²) in [6.45, 7) is 14.3. The second-order valence-electron chi connectivity index (χ2n) is 20.3. The van der Waals surface area contributed by atoms with Crippen molar-refractivity contribution in [3.05, 3.63) is 95.6 Å². The number of anilines is 2. The van der Waals surface area contributed by atoms with Gasteiger partial charge in [-0.25, -0.2) is 4.98 Å². The normalized spacial score (nSPS) is 19.3. The van der Waals surface area contributed by atoms with Crippen molar-refractivity contribution in [3.8, 4) is 38.9 Å². The van der Waals surface area contributed by atoms with Crippen molar-refractivity contribution < 1.29 is 38.9 Å². The first kappa shape index (κ1) is 52.5. The summed E-state index contributed by atoms with van der Waals surface area (Å²) in [7, 11) is 0. The molecule has 3 fully saturated rings. The summed E-state index contributed by atoms with van der Waals surface area (Å²) >= 11 is 1.57. The number of phenolic OH excluding ortho intramolecular Hbond substituents is 1. The Balaban J connectivity index is 0.758. The molecule has 0 spiro atoms. The van der Waals surface area contributed by atoms with Gasteiger partial charge in [0, 0.05) is 88.5 Å². The number of aliphatic hydroxyl groups excluding tert-OH is 1. The number of nitrogen functional groups attached to an aromatic ring is 1. The van der Waals surface area contributed by atoms with E-state index in [1.165, 1.54) is 4.90 Å². The van der Waals surface area contributed by atoms with Gasteiger partial charge in [0.1, 0.15) is 42.0 Å². The van der Waals surface area contributed by atoms with Crippen LogP contribution in [-0.2, 0) is 19.2 Å². The van der Waals surface area contributed by atoms with E-state index in [2.05, 4.69) is 41.7 Å². The first-order valence-corrected chi connectivity index (χ1v) is 26.0. The quantitative estimate of drug-likeness (QED) is 0.0766. The number of para-hydroxylation sites is 1. The minimum absolute atomic E-state index is 0.00798. The van der Waals surface area contributed by atoms with Gasteiger partial charge in [0.15, 0.2) is 11.6 Å². The van der Waals surface area contributed by atoms with E-state index in [9.17, 15) is 29.4 Å². The van der Waals surface area contributed by atoms with Crippen LogP contribution in [0, 0.1) is 12.3 Å². The molecule has 0 radical (unpaired) electrons. The molecule has 3 unspecified atom stereocenters. The molecule has 0 saturated carbocycles. The predicted molar refractivity (Wildman–Crippen MR) is 280 cm³/mol. The van der Waals surface area contributed by atoms with Crippen LogP contribution in [0.1, 0.15) is 77.1 Å². The number of nitrogens with two attached hydrogens (primary N) is 1. The number of hydrogen-bond donors (Lipinski definition) is 5. The Morgan fingerprint density at radius 2 is 1.68 bits per heavy atom. The monoisotopic (exact) mass is 1020 g/mol. The average molecular weight is 1020 g/mol. The third-order valence-electron chi connectivity index (χ3n) is 13.8. The Kier molecular flexibility index (Phi) is 16.8. The Morgan fingerprint density at radius 3 is 2.41 bits per heavy atom. The number of nitrogens with zero attached hydrogens (tertiary/aromatic N) is 7. The molecule has 3 saturated heterocycles. The van der Waals surface area contributed by atoms with Gasteiger partial charge in [-0.1, -0.05) is 63.2 Å². The molecule has 388 valence electrons. The molecular weight excluding hydrogens is 949 g/mol. The van der Waals surface area contributed by atoms with Gasteiger partial charge in [0.2, 0.25) is 23.6 Å². The summed E-state index contributed by atoms with van der Waals surface area (Å²) in [5, 5.41) is 35.2. The van der Waals surface area contributed by atoms with Gasteiger partial charge >= 0.3 is 0 Å². The Hall–Kier alpha value is -6.83. The summed E-state index contributed by atoms with van der Waals surface area (Å²) in [6.07, 6.45) is 0.700. The number of hydrogen-bond acceptors (Lipinski definition) is 15. The first-order chi connectivity index (χ1) is 35.0. The molecule has 8 rings (SSSR count). The van der Waals surface area contributed by atoms with Crippen molar-refractivity contribution in [1.29, 1.82) is 0 Å². The van der Waals surface area contributed by atoms with E-state index < -0.39 is 35.4 Å². The summed E-state index contributed by atoms with van der Waals surface area (Å²) in [6, 6.07) is 22.3. The highest BCUT2D eigenvalue weighted by molar-refractivity contribution is 7.13. The molecule has 3 aliphatic heterocycles. The predicted octanol–water partition coefficient (Wildman–Crippen LogP) is 5.58. The number of nitrogens with one attached hydrogen (secondary N) is 2. The SMILES string of the molecule is Cc1ncsc1-c1ccc(C(C)NC(=O)[C@@H]2C[C@@H](O)CN2C(=O)C(NC(=O)CCC(=O)N2CCN(CCOc3cccc(N4CCCC(Oc5cc(-c6ccccc6O)nnc5N)C4)c3)CC2)C(C)(C)C)cc1. The molecule has 0 bridgehead atoms. The molecule has 3 aliphatic rings. The van der Waals surface area contributed by atoms with Crippen LogP contribution in [0.3, 0.4) is 0 Å². The molecule has 6 N–H and O–H groups in total. The van der Waals surface area contributed by atoms with E-state index in [4.69, 9.17) is 15.2 Å². The third kappa shape index (κ3) is 13.2. The minimum atomic E-state index is -0.995. The van der Waals surface area contributed by atoms with E-state index in [1.807, 2.05) is 88.7 Å². The number of phenols is 1. The molecule has 5 heterocycles. The smallest absolute Gasteiger partial charge is 0.246 e. The number of thiazole rings is 1. The lowest BCUT2D eigenvalue weighted by atomic mass is 9.85. The molecule has 2 aromatic heterocycles.